The van der Waals surface area contributed by atoms with Crippen molar-refractivity contribution in [3.8, 4) is 0 Å². The third-order valence-corrected chi connectivity index (χ3v) is 7.56. The van der Waals surface area contributed by atoms with Gasteiger partial charge < -0.3 is 5.11 Å². The van der Waals surface area contributed by atoms with Crippen LogP contribution in [0.4, 0.5) is 4.79 Å². The van der Waals surface area contributed by atoms with E-state index in [2.05, 4.69) is 18.5 Å². The Morgan fingerprint density at radius 3 is 1.80 bits per heavy atom. The van der Waals surface area contributed by atoms with Crippen LogP contribution in [0.25, 0.3) is 0 Å². The van der Waals surface area contributed by atoms with Gasteiger partial charge in [-0.1, -0.05) is 64.7 Å². The standard InChI is InChI=1S/C21H38.CHClO2/c1-2-15-21(20-11-7-4-8-12-20)16-13-19(14-17-21)18-9-5-3-6-10-18;2-1(3)4/h18-20H,2-17H2,1H3;(H,3,4). The van der Waals surface area contributed by atoms with Crippen LogP contribution in [0.1, 0.15) is 110 Å². The molecule has 0 unspecified atom stereocenters. The van der Waals surface area contributed by atoms with Gasteiger partial charge in [-0.15, -0.1) is 0 Å². The molecule has 3 rings (SSSR count). The lowest BCUT2D eigenvalue weighted by molar-refractivity contribution is 0.0221. The average Bonchev–Trinajstić information content (AvgIpc) is 2.64. The van der Waals surface area contributed by atoms with Crippen molar-refractivity contribution < 1.29 is 9.90 Å². The van der Waals surface area contributed by atoms with Gasteiger partial charge in [-0.05, 0) is 68.1 Å². The van der Waals surface area contributed by atoms with E-state index < -0.39 is 5.43 Å². The maximum Gasteiger partial charge on any atom is 0.401 e. The van der Waals surface area contributed by atoms with Crippen molar-refractivity contribution in [3.05, 3.63) is 0 Å². The summed E-state index contributed by atoms with van der Waals surface area (Å²) in [4.78, 5) is 8.77. The van der Waals surface area contributed by atoms with Gasteiger partial charge >= 0.3 is 5.43 Å². The number of carbonyl (C=O) groups is 1. The van der Waals surface area contributed by atoms with Gasteiger partial charge in [0.2, 0.25) is 0 Å². The summed E-state index contributed by atoms with van der Waals surface area (Å²) in [6, 6.07) is 0. The van der Waals surface area contributed by atoms with Crippen LogP contribution in [-0.4, -0.2) is 10.5 Å². The molecular weight excluding hydrogens is 332 g/mol. The first-order valence-electron chi connectivity index (χ1n) is 11.0. The van der Waals surface area contributed by atoms with Gasteiger partial charge in [0.1, 0.15) is 0 Å². The van der Waals surface area contributed by atoms with E-state index in [1.165, 1.54) is 51.4 Å². The Balaban J connectivity index is 0.000000511. The summed E-state index contributed by atoms with van der Waals surface area (Å²) in [5.41, 5.74) is -0.583. The normalized spacial score (nSPS) is 31.8. The fraction of sp³-hybridized carbons (Fsp3) is 0.955. The van der Waals surface area contributed by atoms with E-state index in [1.54, 1.807) is 51.4 Å². The lowest BCUT2D eigenvalue weighted by atomic mass is 9.56. The van der Waals surface area contributed by atoms with Gasteiger partial charge in [-0.3, -0.25) is 0 Å². The second kappa shape index (κ2) is 10.8. The number of hydrogen-bond acceptors (Lipinski definition) is 1. The minimum Gasteiger partial charge on any atom is -0.469 e. The molecule has 0 saturated heterocycles. The molecule has 0 aliphatic heterocycles. The zero-order valence-electron chi connectivity index (χ0n) is 16.3. The van der Waals surface area contributed by atoms with Gasteiger partial charge in [0.05, 0.1) is 0 Å². The van der Waals surface area contributed by atoms with E-state index in [1.807, 2.05) is 0 Å². The molecule has 3 saturated carbocycles. The summed E-state index contributed by atoms with van der Waals surface area (Å²) < 4.78 is 0. The molecule has 0 aromatic heterocycles. The molecule has 0 radical (unpaired) electrons. The summed E-state index contributed by atoms with van der Waals surface area (Å²) in [5, 5.41) is 7.18. The van der Waals surface area contributed by atoms with Crippen molar-refractivity contribution in [3.63, 3.8) is 0 Å². The molecule has 2 nitrogen and oxygen atoms in total. The predicted octanol–water partition coefficient (Wildman–Crippen LogP) is 8.03. The van der Waals surface area contributed by atoms with E-state index in [-0.39, 0.29) is 0 Å². The van der Waals surface area contributed by atoms with Gasteiger partial charge in [-0.25, -0.2) is 4.79 Å². The second-order valence-corrected chi connectivity index (χ2v) is 9.26. The van der Waals surface area contributed by atoms with Crippen molar-refractivity contribution in [1.82, 2.24) is 0 Å². The molecule has 146 valence electrons. The van der Waals surface area contributed by atoms with E-state index in [4.69, 9.17) is 9.90 Å². The molecule has 0 spiro atoms. The zero-order valence-corrected chi connectivity index (χ0v) is 17.0. The predicted molar refractivity (Wildman–Crippen MR) is 106 cm³/mol. The zero-order chi connectivity index (χ0) is 18.1. The monoisotopic (exact) mass is 370 g/mol. The van der Waals surface area contributed by atoms with Crippen LogP contribution < -0.4 is 0 Å². The Bertz CT molecular complexity index is 371. The lowest BCUT2D eigenvalue weighted by Crippen LogP contribution is -2.37. The van der Waals surface area contributed by atoms with Crippen molar-refractivity contribution >= 4 is 17.0 Å². The van der Waals surface area contributed by atoms with Gasteiger partial charge in [0, 0.05) is 11.6 Å². The summed E-state index contributed by atoms with van der Waals surface area (Å²) in [6.45, 7) is 2.43. The van der Waals surface area contributed by atoms with E-state index in [0.717, 1.165) is 23.2 Å². The maximum absolute atomic E-state index is 8.77. The largest absolute Gasteiger partial charge is 0.469 e. The van der Waals surface area contributed by atoms with Gasteiger partial charge in [-0.2, -0.15) is 0 Å². The van der Waals surface area contributed by atoms with Crippen LogP contribution in [0.5, 0.6) is 0 Å². The van der Waals surface area contributed by atoms with Crippen LogP contribution in [0.15, 0.2) is 0 Å². The van der Waals surface area contributed by atoms with Crippen LogP contribution >= 0.6 is 11.6 Å². The highest BCUT2D eigenvalue weighted by Crippen LogP contribution is 2.54. The molecule has 0 aromatic carbocycles. The molecule has 3 aliphatic carbocycles. The number of hydrogen-bond donors (Lipinski definition) is 1. The first-order valence-corrected chi connectivity index (χ1v) is 11.3. The minimum absolute atomic E-state index is 0.778. The number of carboxylic acid groups (broad SMARTS) is 1. The average molecular weight is 371 g/mol. The highest BCUT2D eigenvalue weighted by Gasteiger charge is 2.42. The second-order valence-electron chi connectivity index (χ2n) is 8.94. The molecule has 25 heavy (non-hydrogen) atoms. The number of halogens is 1. The summed E-state index contributed by atoms with van der Waals surface area (Å²) >= 11 is 4.19. The van der Waals surface area contributed by atoms with Crippen LogP contribution in [-0.2, 0) is 0 Å². The quantitative estimate of drug-likeness (QED) is 0.508. The molecule has 1 N–H and O–H groups in total. The fourth-order valence-corrected chi connectivity index (χ4v) is 6.37. The maximum atomic E-state index is 8.77. The molecule has 0 atom stereocenters. The van der Waals surface area contributed by atoms with Crippen molar-refractivity contribution in [2.75, 3.05) is 0 Å². The Labute approximate surface area is 160 Å². The van der Waals surface area contributed by atoms with E-state index in [9.17, 15) is 0 Å². The Morgan fingerprint density at radius 1 is 0.880 bits per heavy atom. The van der Waals surface area contributed by atoms with Gasteiger partial charge in [0.15, 0.2) is 0 Å². The molecule has 0 amide bonds. The Morgan fingerprint density at radius 2 is 1.32 bits per heavy atom. The molecule has 0 bridgehead atoms. The highest BCUT2D eigenvalue weighted by atomic mass is 35.5. The van der Waals surface area contributed by atoms with Crippen LogP contribution in [0.2, 0.25) is 0 Å². The molecular formula is C22H39ClO2. The van der Waals surface area contributed by atoms with E-state index in [0.29, 0.717) is 0 Å². The number of rotatable bonds is 4. The lowest BCUT2D eigenvalue weighted by Gasteiger charge is -2.49. The third kappa shape index (κ3) is 6.45. The van der Waals surface area contributed by atoms with Crippen molar-refractivity contribution in [2.24, 2.45) is 23.2 Å². The molecule has 3 fully saturated rings. The van der Waals surface area contributed by atoms with Gasteiger partial charge in [0.25, 0.3) is 0 Å². The molecule has 0 heterocycles. The summed E-state index contributed by atoms with van der Waals surface area (Å²) in [5.74, 6) is 3.32. The van der Waals surface area contributed by atoms with Crippen molar-refractivity contribution in [2.45, 2.75) is 110 Å². The Kier molecular flexibility index (Phi) is 9.10. The SMILES string of the molecule is CCCC1(C2CCCCC2)CCC(C2CCCCC2)CC1.O=C(O)Cl. The van der Waals surface area contributed by atoms with Crippen LogP contribution in [0, 0.1) is 23.2 Å². The molecule has 3 heteroatoms. The Hall–Kier alpha value is -0.240. The smallest absolute Gasteiger partial charge is 0.401 e. The third-order valence-electron chi connectivity index (χ3n) is 7.56. The highest BCUT2D eigenvalue weighted by molar-refractivity contribution is 6.60. The van der Waals surface area contributed by atoms with E-state index >= 15 is 0 Å². The van der Waals surface area contributed by atoms with Crippen LogP contribution in [0.3, 0.4) is 0 Å². The summed E-state index contributed by atoms with van der Waals surface area (Å²) in [7, 11) is 0. The molecule has 3 aliphatic rings. The topological polar surface area (TPSA) is 37.3 Å². The van der Waals surface area contributed by atoms with Crippen molar-refractivity contribution in [1.29, 1.82) is 0 Å². The fourth-order valence-electron chi connectivity index (χ4n) is 6.37. The summed E-state index contributed by atoms with van der Waals surface area (Å²) in [6.07, 6.45) is 24.7. The molecule has 0 aromatic rings. The first-order chi connectivity index (χ1) is 12.1. The first kappa shape index (κ1) is 21.1. The minimum atomic E-state index is -1.36.